The lowest BCUT2D eigenvalue weighted by Crippen LogP contribution is -2.47. The summed E-state index contributed by atoms with van der Waals surface area (Å²) in [7, 11) is 0. The first-order chi connectivity index (χ1) is 16.6. The summed E-state index contributed by atoms with van der Waals surface area (Å²) in [6, 6.07) is 17.6. The molecule has 0 spiro atoms. The third-order valence-corrected chi connectivity index (χ3v) is 7.28. The number of hydrogen-bond donors (Lipinski definition) is 1. The van der Waals surface area contributed by atoms with Crippen molar-refractivity contribution >= 4 is 51.5 Å². The van der Waals surface area contributed by atoms with Gasteiger partial charge in [-0.1, -0.05) is 47.9 Å². The average molecular weight is 494 g/mol. The van der Waals surface area contributed by atoms with Crippen molar-refractivity contribution in [2.45, 2.75) is 44.3 Å². The van der Waals surface area contributed by atoms with Crippen LogP contribution in [0.2, 0.25) is 5.02 Å². The molecule has 7 nitrogen and oxygen atoms in total. The lowest BCUT2D eigenvalue weighted by molar-refractivity contribution is -0.127. The second kappa shape index (κ2) is 9.95. The van der Waals surface area contributed by atoms with Gasteiger partial charge in [0, 0.05) is 21.6 Å². The summed E-state index contributed by atoms with van der Waals surface area (Å²) in [5, 5.41) is 14.0. The molecule has 1 fully saturated rings. The van der Waals surface area contributed by atoms with Crippen molar-refractivity contribution in [1.82, 2.24) is 20.3 Å². The van der Waals surface area contributed by atoms with Gasteiger partial charge >= 0.3 is 0 Å². The van der Waals surface area contributed by atoms with Crippen LogP contribution in [0.3, 0.4) is 0 Å². The summed E-state index contributed by atoms with van der Waals surface area (Å²) < 4.78 is 1.57. The Kier molecular flexibility index (Phi) is 6.60. The number of carbonyl (C=O) groups excluding carboxylic acids is 2. The molecule has 2 amide bonds. The number of anilines is 1. The Morgan fingerprint density at radius 2 is 1.85 bits per heavy atom. The van der Waals surface area contributed by atoms with Crippen LogP contribution < -0.4 is 10.2 Å². The van der Waals surface area contributed by atoms with Crippen molar-refractivity contribution in [1.29, 1.82) is 0 Å². The van der Waals surface area contributed by atoms with Gasteiger partial charge in [0.25, 0.3) is 0 Å². The number of thiophene rings is 1. The highest BCUT2D eigenvalue weighted by Crippen LogP contribution is 2.32. The lowest BCUT2D eigenvalue weighted by atomic mass is 10.1. The molecule has 1 aliphatic rings. The Hall–Kier alpha value is -3.23. The van der Waals surface area contributed by atoms with Crippen LogP contribution in [-0.2, 0) is 16.1 Å². The standard InChI is InChI=1S/C25H24ClN5O2S/c26-17-11-13-19(14-12-17)31(23(32)16-30-21-9-4-3-8-20(21)28-29-30)24(22-10-5-15-34-22)25(33)27-18-6-1-2-7-18/h3-5,8-15,18,24H,1-2,6-7,16H2,(H,27,33). The van der Waals surface area contributed by atoms with Gasteiger partial charge < -0.3 is 5.32 Å². The molecule has 2 aromatic carbocycles. The zero-order valence-corrected chi connectivity index (χ0v) is 20.0. The Labute approximate surface area is 206 Å². The number of amides is 2. The van der Waals surface area contributed by atoms with E-state index in [0.717, 1.165) is 36.1 Å². The van der Waals surface area contributed by atoms with Crippen LogP contribution in [0, 0.1) is 0 Å². The number of carbonyl (C=O) groups is 2. The topological polar surface area (TPSA) is 80.1 Å². The van der Waals surface area contributed by atoms with Gasteiger partial charge in [-0.2, -0.15) is 0 Å². The largest absolute Gasteiger partial charge is 0.351 e. The molecule has 9 heteroatoms. The molecule has 1 aliphatic carbocycles. The molecule has 2 aromatic heterocycles. The van der Waals surface area contributed by atoms with Crippen LogP contribution >= 0.6 is 22.9 Å². The van der Waals surface area contributed by atoms with E-state index in [1.165, 1.54) is 11.3 Å². The zero-order chi connectivity index (χ0) is 23.5. The number of para-hydroxylation sites is 1. The molecule has 1 unspecified atom stereocenters. The van der Waals surface area contributed by atoms with Gasteiger partial charge in [0.1, 0.15) is 18.1 Å². The number of fused-ring (bicyclic) bond motifs is 1. The molecule has 1 N–H and O–H groups in total. The van der Waals surface area contributed by atoms with Crippen molar-refractivity contribution in [2.75, 3.05) is 4.90 Å². The first-order valence-corrected chi connectivity index (χ1v) is 12.6. The van der Waals surface area contributed by atoms with Crippen LogP contribution in [0.5, 0.6) is 0 Å². The Balaban J connectivity index is 1.53. The van der Waals surface area contributed by atoms with E-state index in [2.05, 4.69) is 15.6 Å². The maximum Gasteiger partial charge on any atom is 0.249 e. The predicted molar refractivity (Wildman–Crippen MR) is 134 cm³/mol. The maximum absolute atomic E-state index is 13.8. The SMILES string of the molecule is O=C(NC1CCCC1)C(c1cccs1)N(C(=O)Cn1nnc2ccccc21)c1ccc(Cl)cc1. The fraction of sp³-hybridized carbons (Fsp3) is 0.280. The molecule has 0 radical (unpaired) electrons. The number of nitrogens with one attached hydrogen (secondary N) is 1. The second-order valence-electron chi connectivity index (χ2n) is 8.38. The molecule has 174 valence electrons. The summed E-state index contributed by atoms with van der Waals surface area (Å²) in [6.07, 6.45) is 4.13. The van der Waals surface area contributed by atoms with E-state index < -0.39 is 6.04 Å². The highest BCUT2D eigenvalue weighted by molar-refractivity contribution is 7.10. The molecule has 34 heavy (non-hydrogen) atoms. The summed E-state index contributed by atoms with van der Waals surface area (Å²) in [5.41, 5.74) is 2.07. The number of aromatic nitrogens is 3. The minimum atomic E-state index is -0.802. The summed E-state index contributed by atoms with van der Waals surface area (Å²) in [5.74, 6) is -0.445. The van der Waals surface area contributed by atoms with E-state index in [0.29, 0.717) is 16.2 Å². The fourth-order valence-electron chi connectivity index (χ4n) is 4.45. The summed E-state index contributed by atoms with van der Waals surface area (Å²) in [6.45, 7) is -0.0538. The minimum absolute atomic E-state index is 0.0538. The zero-order valence-electron chi connectivity index (χ0n) is 18.4. The van der Waals surface area contributed by atoms with Gasteiger partial charge in [-0.3, -0.25) is 14.5 Å². The maximum atomic E-state index is 13.8. The van der Waals surface area contributed by atoms with Crippen molar-refractivity contribution in [3.8, 4) is 0 Å². The number of halogens is 1. The Bertz CT molecular complexity index is 1280. The van der Waals surface area contributed by atoms with E-state index in [4.69, 9.17) is 11.6 Å². The summed E-state index contributed by atoms with van der Waals surface area (Å²) >= 11 is 7.58. The van der Waals surface area contributed by atoms with Crippen LogP contribution in [-0.4, -0.2) is 32.9 Å². The third kappa shape index (κ3) is 4.69. The van der Waals surface area contributed by atoms with Gasteiger partial charge in [-0.05, 0) is 60.7 Å². The molecule has 1 saturated carbocycles. The first kappa shape index (κ1) is 22.6. The van der Waals surface area contributed by atoms with Crippen molar-refractivity contribution in [3.05, 3.63) is 75.9 Å². The van der Waals surface area contributed by atoms with Crippen molar-refractivity contribution < 1.29 is 9.59 Å². The fourth-order valence-corrected chi connectivity index (χ4v) is 5.39. The smallest absolute Gasteiger partial charge is 0.249 e. The van der Waals surface area contributed by atoms with Gasteiger partial charge in [0.2, 0.25) is 11.8 Å². The van der Waals surface area contributed by atoms with Crippen molar-refractivity contribution in [3.63, 3.8) is 0 Å². The Morgan fingerprint density at radius 1 is 1.09 bits per heavy atom. The molecule has 4 aromatic rings. The molecule has 5 rings (SSSR count). The van der Waals surface area contributed by atoms with Crippen molar-refractivity contribution in [2.24, 2.45) is 0 Å². The van der Waals surface area contributed by atoms with E-state index in [-0.39, 0.29) is 24.4 Å². The van der Waals surface area contributed by atoms with Gasteiger partial charge in [-0.15, -0.1) is 16.4 Å². The van der Waals surface area contributed by atoms with E-state index in [1.807, 2.05) is 41.8 Å². The number of rotatable bonds is 7. The molecule has 0 bridgehead atoms. The molecule has 2 heterocycles. The monoisotopic (exact) mass is 493 g/mol. The second-order valence-corrected chi connectivity index (χ2v) is 9.80. The normalized spacial score (nSPS) is 14.9. The third-order valence-electron chi connectivity index (χ3n) is 6.10. The van der Waals surface area contributed by atoms with Crippen LogP contribution in [0.4, 0.5) is 5.69 Å². The average Bonchev–Trinajstić information content (AvgIpc) is 3.61. The van der Waals surface area contributed by atoms with Crippen LogP contribution in [0.15, 0.2) is 66.0 Å². The van der Waals surface area contributed by atoms with Gasteiger partial charge in [0.05, 0.1) is 5.52 Å². The molecule has 1 atom stereocenters. The molecule has 0 aliphatic heterocycles. The number of benzene rings is 2. The highest BCUT2D eigenvalue weighted by atomic mass is 35.5. The molecular formula is C25H24ClN5O2S. The first-order valence-electron chi connectivity index (χ1n) is 11.3. The highest BCUT2D eigenvalue weighted by Gasteiger charge is 2.35. The number of hydrogen-bond acceptors (Lipinski definition) is 5. The molecular weight excluding hydrogens is 470 g/mol. The lowest BCUT2D eigenvalue weighted by Gasteiger charge is -2.31. The number of nitrogens with zero attached hydrogens (tertiary/aromatic N) is 4. The summed E-state index contributed by atoms with van der Waals surface area (Å²) in [4.78, 5) is 29.8. The van der Waals surface area contributed by atoms with Crippen LogP contribution in [0.1, 0.15) is 36.6 Å². The van der Waals surface area contributed by atoms with E-state index in [9.17, 15) is 9.59 Å². The Morgan fingerprint density at radius 3 is 2.59 bits per heavy atom. The quantitative estimate of drug-likeness (QED) is 0.393. The molecule has 0 saturated heterocycles. The minimum Gasteiger partial charge on any atom is -0.351 e. The predicted octanol–water partition coefficient (Wildman–Crippen LogP) is 4.98. The van der Waals surface area contributed by atoms with Gasteiger partial charge in [-0.25, -0.2) is 4.68 Å². The van der Waals surface area contributed by atoms with E-state index in [1.54, 1.807) is 33.8 Å². The van der Waals surface area contributed by atoms with E-state index >= 15 is 0 Å². The van der Waals surface area contributed by atoms with Gasteiger partial charge in [0.15, 0.2) is 0 Å². The van der Waals surface area contributed by atoms with Crippen LogP contribution in [0.25, 0.3) is 11.0 Å².